The number of alkyl halides is 3. The summed E-state index contributed by atoms with van der Waals surface area (Å²) in [5, 5.41) is 0.334. The van der Waals surface area contributed by atoms with E-state index in [1.54, 1.807) is 25.1 Å². The molecule has 0 saturated carbocycles. The number of rotatable bonds is 1. The van der Waals surface area contributed by atoms with E-state index in [9.17, 15) is 18.0 Å². The fourth-order valence-corrected chi connectivity index (χ4v) is 2.04. The summed E-state index contributed by atoms with van der Waals surface area (Å²) in [6.45, 7) is 1.79. The van der Waals surface area contributed by atoms with Crippen LogP contribution in [0.1, 0.15) is 21.6 Å². The van der Waals surface area contributed by atoms with E-state index in [1.807, 2.05) is 0 Å². The largest absolute Gasteiger partial charge is 0.432 e. The quantitative estimate of drug-likeness (QED) is 0.702. The summed E-state index contributed by atoms with van der Waals surface area (Å²) in [6.07, 6.45) is -4.27. The van der Waals surface area contributed by atoms with Crippen LogP contribution in [-0.4, -0.2) is 10.9 Å². The molecular weight excluding hydrogens is 231 g/mol. The second-order valence-electron chi connectivity index (χ2n) is 3.96. The van der Waals surface area contributed by atoms with E-state index in [4.69, 9.17) is 0 Å². The molecular formula is C12H10F3NO. The second kappa shape index (κ2) is 3.61. The summed E-state index contributed by atoms with van der Waals surface area (Å²) in [6, 6.07) is 4.87. The van der Waals surface area contributed by atoms with Crippen molar-refractivity contribution in [2.24, 2.45) is 7.05 Å². The Morgan fingerprint density at radius 1 is 1.29 bits per heavy atom. The number of aromatic nitrogens is 1. The third-order valence-corrected chi connectivity index (χ3v) is 2.78. The van der Waals surface area contributed by atoms with Gasteiger partial charge in [-0.3, -0.25) is 4.79 Å². The normalized spacial score (nSPS) is 12.1. The van der Waals surface area contributed by atoms with Crippen molar-refractivity contribution in [2.45, 2.75) is 13.1 Å². The van der Waals surface area contributed by atoms with Crippen molar-refractivity contribution in [1.29, 1.82) is 0 Å². The summed E-state index contributed by atoms with van der Waals surface area (Å²) in [5.74, 6) is 0. The SMILES string of the molecule is Cc1ccc2c(C=O)c(C(F)(F)F)n(C)c2c1. The molecule has 0 aliphatic heterocycles. The number of hydrogen-bond acceptors (Lipinski definition) is 1. The van der Waals surface area contributed by atoms with Crippen LogP contribution in [0, 0.1) is 6.92 Å². The first-order valence-corrected chi connectivity index (χ1v) is 4.97. The lowest BCUT2D eigenvalue weighted by molar-refractivity contribution is -0.143. The minimum absolute atomic E-state index is 0.264. The maximum Gasteiger partial charge on any atom is 0.432 e. The highest BCUT2D eigenvalue weighted by molar-refractivity contribution is 5.99. The van der Waals surface area contributed by atoms with Gasteiger partial charge < -0.3 is 4.57 Å². The van der Waals surface area contributed by atoms with Crippen LogP contribution in [-0.2, 0) is 13.2 Å². The zero-order valence-electron chi connectivity index (χ0n) is 9.30. The van der Waals surface area contributed by atoms with Gasteiger partial charge in [0.1, 0.15) is 5.69 Å². The Bertz CT molecular complexity index is 596. The van der Waals surface area contributed by atoms with Gasteiger partial charge in [0.2, 0.25) is 0 Å². The van der Waals surface area contributed by atoms with E-state index in [1.165, 1.54) is 7.05 Å². The molecule has 0 atom stereocenters. The molecule has 1 heterocycles. The number of benzene rings is 1. The molecule has 2 rings (SSSR count). The van der Waals surface area contributed by atoms with Crippen molar-refractivity contribution in [1.82, 2.24) is 4.57 Å². The maximum absolute atomic E-state index is 12.9. The average molecular weight is 241 g/mol. The molecule has 0 aliphatic rings. The first-order valence-electron chi connectivity index (χ1n) is 4.97. The van der Waals surface area contributed by atoms with Crippen LogP contribution in [0.2, 0.25) is 0 Å². The summed E-state index contributed by atoms with van der Waals surface area (Å²) in [7, 11) is 1.32. The fraction of sp³-hybridized carbons (Fsp3) is 0.250. The zero-order valence-corrected chi connectivity index (χ0v) is 9.30. The van der Waals surface area contributed by atoms with Crippen LogP contribution in [0.3, 0.4) is 0 Å². The molecule has 2 aromatic rings. The molecule has 0 saturated heterocycles. The number of hydrogen-bond donors (Lipinski definition) is 0. The highest BCUT2D eigenvalue weighted by atomic mass is 19.4. The van der Waals surface area contributed by atoms with Crippen LogP contribution in [0.5, 0.6) is 0 Å². The van der Waals surface area contributed by atoms with Crippen LogP contribution in [0.4, 0.5) is 13.2 Å². The lowest BCUT2D eigenvalue weighted by Crippen LogP contribution is -2.13. The third kappa shape index (κ3) is 1.71. The maximum atomic E-state index is 12.9. The van der Waals surface area contributed by atoms with Crippen molar-refractivity contribution < 1.29 is 18.0 Å². The van der Waals surface area contributed by atoms with Gasteiger partial charge in [0.25, 0.3) is 0 Å². The molecule has 90 valence electrons. The van der Waals surface area contributed by atoms with Crippen molar-refractivity contribution in [3.8, 4) is 0 Å². The minimum Gasteiger partial charge on any atom is -0.339 e. The van der Waals surface area contributed by atoms with Crippen LogP contribution in [0.25, 0.3) is 10.9 Å². The lowest BCUT2D eigenvalue weighted by Gasteiger charge is -2.08. The molecule has 0 amide bonds. The number of aldehydes is 1. The Morgan fingerprint density at radius 2 is 1.94 bits per heavy atom. The lowest BCUT2D eigenvalue weighted by atomic mass is 10.1. The first kappa shape index (κ1) is 11.7. The molecule has 0 fully saturated rings. The summed E-state index contributed by atoms with van der Waals surface area (Å²) in [5.41, 5.74) is 0.0757. The summed E-state index contributed by atoms with van der Waals surface area (Å²) < 4.78 is 39.6. The standard InChI is InChI=1S/C12H10F3NO/c1-7-3-4-8-9(6-17)11(12(13,14)15)16(2)10(8)5-7/h3-6H,1-2H3. The molecule has 17 heavy (non-hydrogen) atoms. The fourth-order valence-electron chi connectivity index (χ4n) is 2.04. The topological polar surface area (TPSA) is 22.0 Å². The number of nitrogens with zero attached hydrogens (tertiary/aromatic N) is 1. The van der Waals surface area contributed by atoms with Gasteiger partial charge in [0, 0.05) is 18.0 Å². The van der Waals surface area contributed by atoms with Crippen molar-refractivity contribution in [2.75, 3.05) is 0 Å². The predicted octanol–water partition coefficient (Wildman–Crippen LogP) is 3.32. The smallest absolute Gasteiger partial charge is 0.339 e. The minimum atomic E-state index is -4.53. The number of carbonyl (C=O) groups excluding carboxylic acids is 1. The molecule has 1 aromatic carbocycles. The van der Waals surface area contributed by atoms with E-state index >= 15 is 0 Å². The Labute approximate surface area is 95.7 Å². The van der Waals surface area contributed by atoms with E-state index in [-0.39, 0.29) is 11.8 Å². The third-order valence-electron chi connectivity index (χ3n) is 2.78. The van der Waals surface area contributed by atoms with E-state index < -0.39 is 11.9 Å². The van der Waals surface area contributed by atoms with E-state index in [0.717, 1.165) is 10.1 Å². The Morgan fingerprint density at radius 3 is 2.47 bits per heavy atom. The molecule has 0 N–H and O–H groups in total. The van der Waals surface area contributed by atoms with Crippen LogP contribution in [0.15, 0.2) is 18.2 Å². The predicted molar refractivity (Wildman–Crippen MR) is 58.0 cm³/mol. The molecule has 0 spiro atoms. The van der Waals surface area contributed by atoms with Gasteiger partial charge in [-0.25, -0.2) is 0 Å². The highest BCUT2D eigenvalue weighted by Crippen LogP contribution is 2.36. The molecule has 1 aromatic heterocycles. The zero-order chi connectivity index (χ0) is 12.8. The van der Waals surface area contributed by atoms with Gasteiger partial charge in [-0.05, 0) is 18.6 Å². The van der Waals surface area contributed by atoms with Gasteiger partial charge in [-0.15, -0.1) is 0 Å². The van der Waals surface area contributed by atoms with Gasteiger partial charge >= 0.3 is 6.18 Å². The van der Waals surface area contributed by atoms with E-state index in [2.05, 4.69) is 0 Å². The Hall–Kier alpha value is -1.78. The van der Waals surface area contributed by atoms with Crippen molar-refractivity contribution >= 4 is 17.2 Å². The highest BCUT2D eigenvalue weighted by Gasteiger charge is 2.38. The Balaban J connectivity index is 2.93. The number of aryl methyl sites for hydroxylation is 2. The first-order chi connectivity index (χ1) is 7.86. The molecule has 2 nitrogen and oxygen atoms in total. The number of halogens is 3. The molecule has 0 bridgehead atoms. The van der Waals surface area contributed by atoms with Crippen molar-refractivity contribution in [3.05, 3.63) is 35.0 Å². The monoisotopic (exact) mass is 241 g/mol. The van der Waals surface area contributed by atoms with Crippen molar-refractivity contribution in [3.63, 3.8) is 0 Å². The van der Waals surface area contributed by atoms with Crippen LogP contribution >= 0.6 is 0 Å². The van der Waals surface area contributed by atoms with Crippen LogP contribution < -0.4 is 0 Å². The molecule has 0 unspecified atom stereocenters. The van der Waals surface area contributed by atoms with E-state index in [0.29, 0.717) is 10.9 Å². The summed E-state index contributed by atoms with van der Waals surface area (Å²) >= 11 is 0. The number of carbonyl (C=O) groups is 1. The second-order valence-corrected chi connectivity index (χ2v) is 3.96. The number of fused-ring (bicyclic) bond motifs is 1. The molecule has 0 radical (unpaired) electrons. The summed E-state index contributed by atoms with van der Waals surface area (Å²) in [4.78, 5) is 10.9. The average Bonchev–Trinajstić information content (AvgIpc) is 2.51. The molecule has 0 aliphatic carbocycles. The van der Waals surface area contributed by atoms with Gasteiger partial charge in [0.15, 0.2) is 6.29 Å². The molecule has 5 heteroatoms. The van der Waals surface area contributed by atoms with Gasteiger partial charge in [-0.2, -0.15) is 13.2 Å². The van der Waals surface area contributed by atoms with Gasteiger partial charge in [-0.1, -0.05) is 12.1 Å². The van der Waals surface area contributed by atoms with Gasteiger partial charge in [0.05, 0.1) is 5.56 Å². The Kier molecular flexibility index (Phi) is 2.49.